The van der Waals surface area contributed by atoms with Gasteiger partial charge < -0.3 is 16.8 Å². The Morgan fingerprint density at radius 1 is 1.12 bits per heavy atom. The molecule has 0 saturated heterocycles. The molecule has 5 N–H and O–H groups in total. The van der Waals surface area contributed by atoms with Crippen LogP contribution >= 0.6 is 38.6 Å². The van der Waals surface area contributed by atoms with Crippen molar-refractivity contribution in [3.63, 3.8) is 0 Å². The highest BCUT2D eigenvalue weighted by molar-refractivity contribution is 9.10. The number of anilines is 2. The Morgan fingerprint density at radius 3 is 2.62 bits per heavy atom. The van der Waals surface area contributed by atoms with Gasteiger partial charge in [-0.05, 0) is 55.0 Å². The topological polar surface area (TPSA) is 111 Å². The Bertz CT molecular complexity index is 1380. The third-order valence-electron chi connectivity index (χ3n) is 5.63. The van der Waals surface area contributed by atoms with E-state index in [1.807, 2.05) is 29.6 Å². The standard InChI is InChI=1S/C23H19BrN4O2S2/c24-13-7-5-11(6-8-13)15-10-31-23(17(15)20(26)29)28-21(30)19-18(25)14-9-12-3-1-2-4-16(12)27-22(14)32-19/h5-10H,1-4,25H2,(H2,26,29)(H,28,30). The number of rotatable bonds is 4. The number of halogens is 1. The van der Waals surface area contributed by atoms with Gasteiger partial charge in [0.05, 0.1) is 11.3 Å². The molecule has 2 amide bonds. The summed E-state index contributed by atoms with van der Waals surface area (Å²) in [5.74, 6) is -0.965. The molecule has 3 heterocycles. The largest absolute Gasteiger partial charge is 0.397 e. The van der Waals surface area contributed by atoms with Gasteiger partial charge in [0.2, 0.25) is 0 Å². The molecule has 0 atom stereocenters. The number of hydrogen-bond acceptors (Lipinski definition) is 6. The van der Waals surface area contributed by atoms with E-state index in [1.54, 1.807) is 0 Å². The van der Waals surface area contributed by atoms with E-state index in [4.69, 9.17) is 16.5 Å². The summed E-state index contributed by atoms with van der Waals surface area (Å²) < 4.78 is 0.932. The molecule has 4 aromatic rings. The van der Waals surface area contributed by atoms with Gasteiger partial charge in [0.25, 0.3) is 11.8 Å². The number of nitrogen functional groups attached to an aromatic ring is 1. The maximum absolute atomic E-state index is 13.1. The van der Waals surface area contributed by atoms with Crippen LogP contribution in [0.1, 0.15) is 44.1 Å². The Morgan fingerprint density at radius 2 is 1.88 bits per heavy atom. The smallest absolute Gasteiger partial charge is 0.268 e. The summed E-state index contributed by atoms with van der Waals surface area (Å²) in [6.45, 7) is 0. The first kappa shape index (κ1) is 21.1. The first-order chi connectivity index (χ1) is 15.4. The quantitative estimate of drug-likeness (QED) is 0.321. The molecular formula is C23H19BrN4O2S2. The molecule has 1 aliphatic carbocycles. The van der Waals surface area contributed by atoms with Crippen LogP contribution in [0.3, 0.4) is 0 Å². The van der Waals surface area contributed by atoms with Crippen LogP contribution in [0.5, 0.6) is 0 Å². The predicted molar refractivity (Wildman–Crippen MR) is 135 cm³/mol. The molecule has 0 radical (unpaired) electrons. The molecule has 0 bridgehead atoms. The number of aromatic nitrogens is 1. The first-order valence-corrected chi connectivity index (χ1v) is 12.6. The zero-order valence-electron chi connectivity index (χ0n) is 16.9. The fraction of sp³-hybridized carbons (Fsp3) is 0.174. The van der Waals surface area contributed by atoms with Crippen LogP contribution in [-0.2, 0) is 12.8 Å². The fourth-order valence-electron chi connectivity index (χ4n) is 4.02. The van der Waals surface area contributed by atoms with Crippen LogP contribution in [0, 0.1) is 0 Å². The van der Waals surface area contributed by atoms with Gasteiger partial charge in [-0.15, -0.1) is 22.7 Å². The minimum absolute atomic E-state index is 0.291. The molecule has 9 heteroatoms. The Balaban J connectivity index is 1.50. The summed E-state index contributed by atoms with van der Waals surface area (Å²) in [6.07, 6.45) is 4.23. The number of aryl methyl sites for hydroxylation is 2. The molecule has 1 aliphatic rings. The van der Waals surface area contributed by atoms with Crippen molar-refractivity contribution in [3.8, 4) is 11.1 Å². The van der Waals surface area contributed by atoms with E-state index in [0.29, 0.717) is 26.7 Å². The second-order valence-corrected chi connectivity index (χ2v) is 10.5. The number of amides is 2. The summed E-state index contributed by atoms with van der Waals surface area (Å²) in [5, 5.41) is 5.90. The number of nitrogens with two attached hydrogens (primary N) is 2. The van der Waals surface area contributed by atoms with Gasteiger partial charge in [-0.25, -0.2) is 4.98 Å². The lowest BCUT2D eigenvalue weighted by Crippen LogP contribution is -2.17. The average molecular weight is 527 g/mol. The van der Waals surface area contributed by atoms with Crippen molar-refractivity contribution in [1.29, 1.82) is 0 Å². The summed E-state index contributed by atoms with van der Waals surface area (Å²) in [4.78, 5) is 31.3. The van der Waals surface area contributed by atoms with Crippen molar-refractivity contribution in [2.75, 3.05) is 11.1 Å². The number of fused-ring (bicyclic) bond motifs is 2. The Kier molecular flexibility index (Phi) is 5.48. The Hall–Kier alpha value is -2.75. The van der Waals surface area contributed by atoms with E-state index in [1.165, 1.54) is 28.2 Å². The van der Waals surface area contributed by atoms with Crippen LogP contribution in [0.4, 0.5) is 10.7 Å². The van der Waals surface area contributed by atoms with Crippen LogP contribution in [-0.4, -0.2) is 16.8 Å². The summed E-state index contributed by atoms with van der Waals surface area (Å²) >= 11 is 5.95. The Labute approximate surface area is 200 Å². The second-order valence-electron chi connectivity index (χ2n) is 7.68. The molecule has 5 rings (SSSR count). The van der Waals surface area contributed by atoms with Crippen molar-refractivity contribution in [2.24, 2.45) is 5.73 Å². The first-order valence-electron chi connectivity index (χ1n) is 10.1. The lowest BCUT2D eigenvalue weighted by molar-refractivity contribution is 0.100. The average Bonchev–Trinajstić information content (AvgIpc) is 3.34. The van der Waals surface area contributed by atoms with Crippen molar-refractivity contribution >= 4 is 71.3 Å². The van der Waals surface area contributed by atoms with Crippen molar-refractivity contribution in [2.45, 2.75) is 25.7 Å². The highest BCUT2D eigenvalue weighted by atomic mass is 79.9. The highest BCUT2D eigenvalue weighted by Crippen LogP contribution is 2.39. The highest BCUT2D eigenvalue weighted by Gasteiger charge is 2.24. The summed E-state index contributed by atoms with van der Waals surface area (Å²) in [6, 6.07) is 9.63. The molecule has 32 heavy (non-hydrogen) atoms. The normalized spacial score (nSPS) is 13.2. The molecule has 3 aromatic heterocycles. The van der Waals surface area contributed by atoms with Gasteiger partial charge in [0.1, 0.15) is 14.7 Å². The SMILES string of the molecule is NC(=O)c1c(-c2ccc(Br)cc2)csc1NC(=O)c1sc2nc3c(cc2c1N)CCCC3. The van der Waals surface area contributed by atoms with E-state index in [9.17, 15) is 9.59 Å². The zero-order valence-corrected chi connectivity index (χ0v) is 20.1. The van der Waals surface area contributed by atoms with Gasteiger partial charge in [-0.1, -0.05) is 28.1 Å². The minimum atomic E-state index is -0.599. The molecule has 0 saturated carbocycles. The van der Waals surface area contributed by atoms with Gasteiger partial charge in [0, 0.05) is 26.5 Å². The minimum Gasteiger partial charge on any atom is -0.397 e. The fourth-order valence-corrected chi connectivity index (χ4v) is 6.25. The number of primary amides is 1. The zero-order chi connectivity index (χ0) is 22.4. The van der Waals surface area contributed by atoms with Crippen LogP contribution < -0.4 is 16.8 Å². The maximum atomic E-state index is 13.1. The number of benzene rings is 1. The molecule has 6 nitrogen and oxygen atoms in total. The third-order valence-corrected chi connectivity index (χ3v) is 8.16. The lowest BCUT2D eigenvalue weighted by Gasteiger charge is -2.14. The van der Waals surface area contributed by atoms with Gasteiger partial charge in [-0.2, -0.15) is 0 Å². The number of nitrogens with one attached hydrogen (secondary N) is 1. The van der Waals surface area contributed by atoms with Crippen molar-refractivity contribution < 1.29 is 9.59 Å². The van der Waals surface area contributed by atoms with Gasteiger partial charge in [-0.3, -0.25) is 9.59 Å². The molecule has 1 aromatic carbocycles. The second kappa shape index (κ2) is 8.31. The van der Waals surface area contributed by atoms with Crippen molar-refractivity contribution in [3.05, 3.63) is 61.9 Å². The lowest BCUT2D eigenvalue weighted by atomic mass is 9.95. The number of pyridine rings is 1. The van der Waals surface area contributed by atoms with Crippen LogP contribution in [0.25, 0.3) is 21.3 Å². The number of thiophene rings is 2. The van der Waals surface area contributed by atoms with Crippen molar-refractivity contribution in [1.82, 2.24) is 4.98 Å². The summed E-state index contributed by atoms with van der Waals surface area (Å²) in [7, 11) is 0. The molecule has 162 valence electrons. The van der Waals surface area contributed by atoms with E-state index >= 15 is 0 Å². The number of nitrogens with zero attached hydrogens (tertiary/aromatic N) is 1. The maximum Gasteiger partial charge on any atom is 0.268 e. The number of hydrogen-bond donors (Lipinski definition) is 3. The molecular weight excluding hydrogens is 508 g/mol. The third kappa shape index (κ3) is 3.70. The van der Waals surface area contributed by atoms with E-state index < -0.39 is 5.91 Å². The van der Waals surface area contributed by atoms with E-state index in [2.05, 4.69) is 27.3 Å². The van der Waals surface area contributed by atoms with Crippen LogP contribution in [0.2, 0.25) is 0 Å². The molecule has 0 fully saturated rings. The molecule has 0 spiro atoms. The molecule has 0 unspecified atom stereocenters. The van der Waals surface area contributed by atoms with E-state index in [0.717, 1.165) is 51.6 Å². The van der Waals surface area contributed by atoms with Gasteiger partial charge >= 0.3 is 0 Å². The van der Waals surface area contributed by atoms with Crippen LogP contribution in [0.15, 0.2) is 40.2 Å². The van der Waals surface area contributed by atoms with E-state index in [-0.39, 0.29) is 5.91 Å². The number of carbonyl (C=O) groups is 2. The summed E-state index contributed by atoms with van der Waals surface area (Å²) in [5.41, 5.74) is 16.6. The molecule has 0 aliphatic heterocycles. The monoisotopic (exact) mass is 526 g/mol. The predicted octanol–water partition coefficient (Wildman–Crippen LogP) is 5.60. The number of carbonyl (C=O) groups excluding carboxylic acids is 2. The van der Waals surface area contributed by atoms with Gasteiger partial charge in [0.15, 0.2) is 0 Å².